The van der Waals surface area contributed by atoms with Crippen LogP contribution in [0.25, 0.3) is 0 Å². The predicted octanol–water partition coefficient (Wildman–Crippen LogP) is 2.04. The summed E-state index contributed by atoms with van der Waals surface area (Å²) in [5, 5.41) is 17.6. The van der Waals surface area contributed by atoms with Crippen LogP contribution in [0, 0.1) is 28.1 Å². The molecule has 1 N–H and O–H groups in total. The second-order valence-electron chi connectivity index (χ2n) is 4.97. The summed E-state index contributed by atoms with van der Waals surface area (Å²) in [5.74, 6) is -0.598. The van der Waals surface area contributed by atoms with Crippen molar-refractivity contribution in [3.8, 4) is 6.07 Å². The zero-order chi connectivity index (χ0) is 10.3. The highest BCUT2D eigenvalue weighted by atomic mass is 16.4. The maximum absolute atomic E-state index is 10.8. The van der Waals surface area contributed by atoms with Gasteiger partial charge in [-0.2, -0.15) is 5.26 Å². The van der Waals surface area contributed by atoms with Crippen molar-refractivity contribution in [3.63, 3.8) is 0 Å². The summed E-state index contributed by atoms with van der Waals surface area (Å²) in [7, 11) is 0. The molecule has 1 aliphatic carbocycles. The number of carbonyl (C=O) groups is 1. The van der Waals surface area contributed by atoms with E-state index < -0.39 is 11.4 Å². The van der Waals surface area contributed by atoms with Crippen LogP contribution in [0.5, 0.6) is 0 Å². The molecule has 0 aromatic rings. The van der Waals surface area contributed by atoms with Crippen LogP contribution in [-0.4, -0.2) is 11.1 Å². The summed E-state index contributed by atoms with van der Waals surface area (Å²) in [4.78, 5) is 10.8. The predicted molar refractivity (Wildman–Crippen MR) is 47.9 cm³/mol. The summed E-state index contributed by atoms with van der Waals surface area (Å²) in [6, 6.07) is 1.92. The molecule has 0 aromatic carbocycles. The van der Waals surface area contributed by atoms with E-state index in [0.717, 1.165) is 0 Å². The largest absolute Gasteiger partial charge is 0.480 e. The van der Waals surface area contributed by atoms with Gasteiger partial charge in [0, 0.05) is 0 Å². The summed E-state index contributed by atoms with van der Waals surface area (Å²) >= 11 is 0. The monoisotopic (exact) mass is 181 g/mol. The van der Waals surface area contributed by atoms with E-state index in [1.165, 1.54) is 0 Å². The topological polar surface area (TPSA) is 61.1 Å². The third-order valence-electron chi connectivity index (χ3n) is 3.04. The molecule has 0 radical (unpaired) electrons. The highest BCUT2D eigenvalue weighted by Crippen LogP contribution is 2.52. The minimum Gasteiger partial charge on any atom is -0.480 e. The fourth-order valence-electron chi connectivity index (χ4n) is 1.71. The highest BCUT2D eigenvalue weighted by molar-refractivity contribution is 5.79. The van der Waals surface area contributed by atoms with Crippen LogP contribution in [0.15, 0.2) is 0 Å². The minimum absolute atomic E-state index is 0.121. The lowest BCUT2D eigenvalue weighted by molar-refractivity contribution is -0.155. The van der Waals surface area contributed by atoms with Crippen LogP contribution in [0.2, 0.25) is 0 Å². The van der Waals surface area contributed by atoms with E-state index in [-0.39, 0.29) is 5.41 Å². The molecule has 0 aromatic heterocycles. The van der Waals surface area contributed by atoms with E-state index in [4.69, 9.17) is 10.4 Å². The third-order valence-corrected chi connectivity index (χ3v) is 3.04. The Hall–Kier alpha value is -1.04. The summed E-state index contributed by atoms with van der Waals surface area (Å²) < 4.78 is 0. The van der Waals surface area contributed by atoms with Crippen molar-refractivity contribution in [3.05, 3.63) is 0 Å². The molecular weight excluding hydrogens is 166 g/mol. The molecule has 0 amide bonds. The van der Waals surface area contributed by atoms with Gasteiger partial charge in [0.25, 0.3) is 0 Å². The second kappa shape index (κ2) is 2.73. The molecule has 1 aliphatic rings. The number of nitriles is 1. The van der Waals surface area contributed by atoms with Gasteiger partial charge in [0.2, 0.25) is 0 Å². The average molecular weight is 181 g/mol. The normalized spacial score (nSPS) is 33.2. The van der Waals surface area contributed by atoms with Crippen molar-refractivity contribution in [2.75, 3.05) is 0 Å². The zero-order valence-corrected chi connectivity index (χ0v) is 8.29. The first-order chi connectivity index (χ1) is 5.82. The number of hydrogen-bond acceptors (Lipinski definition) is 2. The Labute approximate surface area is 78.4 Å². The number of hydrogen-bond donors (Lipinski definition) is 1. The van der Waals surface area contributed by atoms with Crippen LogP contribution >= 0.6 is 0 Å². The Morgan fingerprint density at radius 1 is 1.54 bits per heavy atom. The molecule has 0 spiro atoms. The fraction of sp³-hybridized carbons (Fsp3) is 0.800. The molecule has 0 bridgehead atoms. The van der Waals surface area contributed by atoms with Gasteiger partial charge in [0.1, 0.15) is 0 Å². The number of nitrogens with zero attached hydrogens (tertiary/aromatic N) is 1. The Kier molecular flexibility index (Phi) is 2.11. The van der Waals surface area contributed by atoms with Crippen molar-refractivity contribution in [2.45, 2.75) is 33.6 Å². The van der Waals surface area contributed by atoms with E-state index in [2.05, 4.69) is 20.8 Å². The fourth-order valence-corrected chi connectivity index (χ4v) is 1.71. The summed E-state index contributed by atoms with van der Waals surface area (Å²) in [6.45, 7) is 6.25. The van der Waals surface area contributed by atoms with Gasteiger partial charge in [-0.05, 0) is 24.2 Å². The second-order valence-corrected chi connectivity index (χ2v) is 4.97. The van der Waals surface area contributed by atoms with E-state index in [9.17, 15) is 4.79 Å². The molecule has 0 unspecified atom stereocenters. The lowest BCUT2D eigenvalue weighted by Crippen LogP contribution is -2.47. The van der Waals surface area contributed by atoms with Crippen LogP contribution in [0.1, 0.15) is 33.6 Å². The number of aliphatic carboxylic acids is 1. The Balaban J connectivity index is 2.67. The van der Waals surface area contributed by atoms with Crippen molar-refractivity contribution in [1.82, 2.24) is 0 Å². The zero-order valence-electron chi connectivity index (χ0n) is 8.29. The van der Waals surface area contributed by atoms with Crippen LogP contribution < -0.4 is 0 Å². The Morgan fingerprint density at radius 3 is 2.23 bits per heavy atom. The third kappa shape index (κ3) is 1.53. The first-order valence-corrected chi connectivity index (χ1v) is 4.46. The van der Waals surface area contributed by atoms with Crippen LogP contribution in [0.4, 0.5) is 0 Å². The smallest absolute Gasteiger partial charge is 0.324 e. The lowest BCUT2D eigenvalue weighted by Gasteiger charge is -2.46. The first kappa shape index (κ1) is 10.0. The highest BCUT2D eigenvalue weighted by Gasteiger charge is 2.54. The SMILES string of the molecule is CC(C)(C)C1CC(C#N)(C(=O)O)C1. The van der Waals surface area contributed by atoms with E-state index in [1.54, 1.807) is 0 Å². The van der Waals surface area contributed by atoms with Crippen molar-refractivity contribution >= 4 is 5.97 Å². The van der Waals surface area contributed by atoms with Gasteiger partial charge in [-0.25, -0.2) is 0 Å². The van der Waals surface area contributed by atoms with Gasteiger partial charge in [-0.15, -0.1) is 0 Å². The molecule has 0 atom stereocenters. The first-order valence-electron chi connectivity index (χ1n) is 4.46. The molecule has 0 saturated heterocycles. The van der Waals surface area contributed by atoms with Gasteiger partial charge < -0.3 is 5.11 Å². The molecule has 1 saturated carbocycles. The summed E-state index contributed by atoms with van der Waals surface area (Å²) in [6.07, 6.45) is 1.00. The maximum Gasteiger partial charge on any atom is 0.324 e. The molecule has 1 rings (SSSR count). The molecule has 0 heterocycles. The van der Waals surface area contributed by atoms with E-state index in [0.29, 0.717) is 18.8 Å². The molecule has 3 nitrogen and oxygen atoms in total. The van der Waals surface area contributed by atoms with Crippen LogP contribution in [-0.2, 0) is 4.79 Å². The number of carboxylic acid groups (broad SMARTS) is 1. The maximum atomic E-state index is 10.8. The molecule has 1 fully saturated rings. The van der Waals surface area contributed by atoms with Gasteiger partial charge in [0.15, 0.2) is 5.41 Å². The van der Waals surface area contributed by atoms with Crippen molar-refractivity contribution < 1.29 is 9.90 Å². The standard InChI is InChI=1S/C10H15NO2/c1-9(2,3)7-4-10(5-7,6-11)8(12)13/h7H,4-5H2,1-3H3,(H,12,13). The molecule has 72 valence electrons. The van der Waals surface area contributed by atoms with E-state index >= 15 is 0 Å². The van der Waals surface area contributed by atoms with Gasteiger partial charge >= 0.3 is 5.97 Å². The minimum atomic E-state index is -1.09. The summed E-state index contributed by atoms with van der Waals surface area (Å²) in [5.41, 5.74) is -0.965. The average Bonchev–Trinajstić information content (AvgIpc) is 1.81. The van der Waals surface area contributed by atoms with Gasteiger partial charge in [0.05, 0.1) is 6.07 Å². The van der Waals surface area contributed by atoms with E-state index in [1.807, 2.05) is 6.07 Å². The van der Waals surface area contributed by atoms with Crippen molar-refractivity contribution in [1.29, 1.82) is 5.26 Å². The van der Waals surface area contributed by atoms with Crippen molar-refractivity contribution in [2.24, 2.45) is 16.7 Å². The van der Waals surface area contributed by atoms with Crippen LogP contribution in [0.3, 0.4) is 0 Å². The number of carboxylic acids is 1. The lowest BCUT2D eigenvalue weighted by atomic mass is 9.55. The quantitative estimate of drug-likeness (QED) is 0.673. The Morgan fingerprint density at radius 2 is 2.00 bits per heavy atom. The molecular formula is C10H15NO2. The molecule has 13 heavy (non-hydrogen) atoms. The molecule has 0 aliphatic heterocycles. The Bertz CT molecular complexity index is 264. The van der Waals surface area contributed by atoms with Gasteiger partial charge in [-0.3, -0.25) is 4.79 Å². The number of rotatable bonds is 1. The van der Waals surface area contributed by atoms with Gasteiger partial charge in [-0.1, -0.05) is 20.8 Å². The molecule has 3 heteroatoms.